The van der Waals surface area contributed by atoms with Gasteiger partial charge in [-0.25, -0.2) is 4.98 Å². The van der Waals surface area contributed by atoms with Crippen molar-refractivity contribution in [2.45, 2.75) is 19.9 Å². The Bertz CT molecular complexity index is 745. The van der Waals surface area contributed by atoms with Crippen molar-refractivity contribution in [1.82, 2.24) is 14.8 Å². The highest BCUT2D eigenvalue weighted by Crippen LogP contribution is 2.27. The van der Waals surface area contributed by atoms with Crippen molar-refractivity contribution in [3.05, 3.63) is 65.5 Å². The molecule has 1 aliphatic heterocycles. The summed E-state index contributed by atoms with van der Waals surface area (Å²) in [6.45, 7) is 5.02. The standard InChI is InChI=1S/C19H21N3O2/c1-14-7-6-10-17(20-14)19(24)22-12-11-21(15(2)23)13-18(22)16-8-4-3-5-9-16/h3-10,18H,11-13H2,1-2H3. The van der Waals surface area contributed by atoms with Crippen molar-refractivity contribution in [3.8, 4) is 0 Å². The van der Waals surface area contributed by atoms with Gasteiger partial charge in [-0.05, 0) is 24.6 Å². The number of nitrogens with zero attached hydrogens (tertiary/aromatic N) is 3. The number of pyridine rings is 1. The first-order valence-corrected chi connectivity index (χ1v) is 8.11. The van der Waals surface area contributed by atoms with Crippen molar-refractivity contribution in [3.63, 3.8) is 0 Å². The molecule has 124 valence electrons. The Kier molecular flexibility index (Phi) is 4.60. The third-order valence-electron chi connectivity index (χ3n) is 4.38. The van der Waals surface area contributed by atoms with Gasteiger partial charge in [0.2, 0.25) is 5.91 Å². The predicted octanol–water partition coefficient (Wildman–Crippen LogP) is 2.44. The summed E-state index contributed by atoms with van der Waals surface area (Å²) in [4.78, 5) is 32.7. The minimum atomic E-state index is -0.154. The average molecular weight is 323 g/mol. The van der Waals surface area contributed by atoms with Crippen LogP contribution >= 0.6 is 0 Å². The van der Waals surface area contributed by atoms with E-state index in [9.17, 15) is 9.59 Å². The number of hydrogen-bond donors (Lipinski definition) is 0. The maximum absolute atomic E-state index is 13.0. The summed E-state index contributed by atoms with van der Waals surface area (Å²) < 4.78 is 0. The fourth-order valence-corrected chi connectivity index (χ4v) is 3.08. The van der Waals surface area contributed by atoms with Crippen molar-refractivity contribution >= 4 is 11.8 Å². The van der Waals surface area contributed by atoms with E-state index in [-0.39, 0.29) is 17.9 Å². The number of amides is 2. The SMILES string of the molecule is CC(=O)N1CCN(C(=O)c2cccc(C)n2)C(c2ccccc2)C1. The van der Waals surface area contributed by atoms with Gasteiger partial charge in [0.05, 0.1) is 6.04 Å². The lowest BCUT2D eigenvalue weighted by Gasteiger charge is -2.41. The number of rotatable bonds is 2. The zero-order valence-electron chi connectivity index (χ0n) is 14.0. The Hall–Kier alpha value is -2.69. The lowest BCUT2D eigenvalue weighted by atomic mass is 10.0. The van der Waals surface area contributed by atoms with Crippen LogP contribution in [0, 0.1) is 6.92 Å². The third kappa shape index (κ3) is 3.30. The Morgan fingerprint density at radius 3 is 2.46 bits per heavy atom. The monoisotopic (exact) mass is 323 g/mol. The Morgan fingerprint density at radius 1 is 1.04 bits per heavy atom. The molecule has 1 aromatic heterocycles. The Balaban J connectivity index is 1.92. The van der Waals surface area contributed by atoms with E-state index in [4.69, 9.17) is 0 Å². The Morgan fingerprint density at radius 2 is 1.79 bits per heavy atom. The summed E-state index contributed by atoms with van der Waals surface area (Å²) in [7, 11) is 0. The highest BCUT2D eigenvalue weighted by atomic mass is 16.2. The van der Waals surface area contributed by atoms with Crippen LogP contribution in [0.15, 0.2) is 48.5 Å². The van der Waals surface area contributed by atoms with E-state index in [1.165, 1.54) is 0 Å². The van der Waals surface area contributed by atoms with Crippen LogP contribution in [0.2, 0.25) is 0 Å². The maximum atomic E-state index is 13.0. The van der Waals surface area contributed by atoms with E-state index in [0.717, 1.165) is 11.3 Å². The van der Waals surface area contributed by atoms with Crippen molar-refractivity contribution < 1.29 is 9.59 Å². The number of aryl methyl sites for hydroxylation is 1. The molecule has 1 fully saturated rings. The van der Waals surface area contributed by atoms with Crippen LogP contribution in [-0.4, -0.2) is 46.2 Å². The summed E-state index contributed by atoms with van der Waals surface area (Å²) in [5.41, 5.74) is 2.30. The molecule has 0 spiro atoms. The molecule has 2 aromatic rings. The smallest absolute Gasteiger partial charge is 0.273 e. The molecule has 5 heteroatoms. The van der Waals surface area contributed by atoms with Gasteiger partial charge in [0.1, 0.15) is 5.69 Å². The van der Waals surface area contributed by atoms with E-state index < -0.39 is 0 Å². The van der Waals surface area contributed by atoms with Crippen LogP contribution < -0.4 is 0 Å². The van der Waals surface area contributed by atoms with Crippen molar-refractivity contribution in [1.29, 1.82) is 0 Å². The second-order valence-electron chi connectivity index (χ2n) is 6.05. The second kappa shape index (κ2) is 6.83. The minimum absolute atomic E-state index is 0.0386. The molecule has 0 N–H and O–H groups in total. The van der Waals surface area contributed by atoms with E-state index in [1.54, 1.807) is 17.9 Å². The van der Waals surface area contributed by atoms with Gasteiger partial charge in [-0.1, -0.05) is 36.4 Å². The molecule has 0 radical (unpaired) electrons. The van der Waals surface area contributed by atoms with Gasteiger partial charge in [0.15, 0.2) is 0 Å². The molecule has 24 heavy (non-hydrogen) atoms. The first-order valence-electron chi connectivity index (χ1n) is 8.11. The predicted molar refractivity (Wildman–Crippen MR) is 91.4 cm³/mol. The zero-order chi connectivity index (χ0) is 17.1. The molecular formula is C19H21N3O2. The normalized spacial score (nSPS) is 17.7. The number of hydrogen-bond acceptors (Lipinski definition) is 3. The topological polar surface area (TPSA) is 53.5 Å². The van der Waals surface area contributed by atoms with Gasteiger partial charge in [0, 0.05) is 32.3 Å². The molecule has 0 bridgehead atoms. The second-order valence-corrected chi connectivity index (χ2v) is 6.05. The molecule has 0 saturated carbocycles. The fourth-order valence-electron chi connectivity index (χ4n) is 3.08. The number of piperazine rings is 1. The van der Waals surface area contributed by atoms with E-state index >= 15 is 0 Å². The van der Waals surface area contributed by atoms with Crippen LogP contribution in [-0.2, 0) is 4.79 Å². The summed E-state index contributed by atoms with van der Waals surface area (Å²) in [6, 6.07) is 15.2. The van der Waals surface area contributed by atoms with Crippen LogP contribution in [0.5, 0.6) is 0 Å². The van der Waals surface area contributed by atoms with E-state index in [1.807, 2.05) is 54.3 Å². The molecule has 1 aliphatic rings. The van der Waals surface area contributed by atoms with Crippen LogP contribution in [0.1, 0.15) is 34.7 Å². The molecule has 1 saturated heterocycles. The lowest BCUT2D eigenvalue weighted by Crippen LogP contribution is -2.52. The number of carbonyl (C=O) groups excluding carboxylic acids is 2. The van der Waals surface area contributed by atoms with Gasteiger partial charge in [-0.3, -0.25) is 9.59 Å². The molecule has 3 rings (SSSR count). The number of carbonyl (C=O) groups is 2. The van der Waals surface area contributed by atoms with Gasteiger partial charge in [-0.2, -0.15) is 0 Å². The first-order chi connectivity index (χ1) is 11.6. The van der Waals surface area contributed by atoms with Crippen LogP contribution in [0.4, 0.5) is 0 Å². The minimum Gasteiger partial charge on any atom is -0.339 e. The van der Waals surface area contributed by atoms with Gasteiger partial charge in [0.25, 0.3) is 5.91 Å². The van der Waals surface area contributed by atoms with Crippen molar-refractivity contribution in [2.75, 3.05) is 19.6 Å². The van der Waals surface area contributed by atoms with Gasteiger partial charge < -0.3 is 9.80 Å². The highest BCUT2D eigenvalue weighted by Gasteiger charge is 2.33. The summed E-state index contributed by atoms with van der Waals surface area (Å²) in [5.74, 6) is -0.0486. The van der Waals surface area contributed by atoms with Crippen molar-refractivity contribution in [2.24, 2.45) is 0 Å². The highest BCUT2D eigenvalue weighted by molar-refractivity contribution is 5.93. The molecule has 0 aliphatic carbocycles. The van der Waals surface area contributed by atoms with Gasteiger partial charge in [-0.15, -0.1) is 0 Å². The average Bonchev–Trinajstić information content (AvgIpc) is 2.61. The Labute approximate surface area is 141 Å². The maximum Gasteiger partial charge on any atom is 0.273 e. The molecule has 5 nitrogen and oxygen atoms in total. The third-order valence-corrected chi connectivity index (χ3v) is 4.38. The lowest BCUT2D eigenvalue weighted by molar-refractivity contribution is -0.131. The first kappa shape index (κ1) is 16.2. The number of aromatic nitrogens is 1. The summed E-state index contributed by atoms with van der Waals surface area (Å²) >= 11 is 0. The van der Waals surface area contributed by atoms with Crippen LogP contribution in [0.3, 0.4) is 0 Å². The molecule has 2 amide bonds. The molecule has 1 unspecified atom stereocenters. The molecule has 2 heterocycles. The summed E-state index contributed by atoms with van der Waals surface area (Å²) in [6.07, 6.45) is 0. The van der Waals surface area contributed by atoms with E-state index in [0.29, 0.717) is 25.3 Å². The van der Waals surface area contributed by atoms with E-state index in [2.05, 4.69) is 4.98 Å². The summed E-state index contributed by atoms with van der Waals surface area (Å²) in [5, 5.41) is 0. The molecular weight excluding hydrogens is 302 g/mol. The zero-order valence-corrected chi connectivity index (χ0v) is 14.0. The largest absolute Gasteiger partial charge is 0.339 e. The van der Waals surface area contributed by atoms with Crippen LogP contribution in [0.25, 0.3) is 0 Å². The van der Waals surface area contributed by atoms with Gasteiger partial charge >= 0.3 is 0 Å². The quantitative estimate of drug-likeness (QED) is 0.853. The fraction of sp³-hybridized carbons (Fsp3) is 0.316. The number of benzene rings is 1. The molecule has 1 aromatic carbocycles. The molecule has 1 atom stereocenters.